The molecule has 4 aliphatic carbocycles. The van der Waals surface area contributed by atoms with Crippen molar-refractivity contribution in [3.63, 3.8) is 0 Å². The molecule has 9 atom stereocenters. The standard InChI is InChI=1S/C21H36O8S2.2Na/c1-13(28-30(22,23)24)17-6-7-18-16-5-4-14-12-15(29-31(25,26)27)8-10-20(14,2)19(16)9-11-21(17,18)3;;/h13-19H,4-12H2,1-3H3,(H,22,23,24)(H,25,26,27);;/q;2*+1/p-2/t13-,14-,15-,16-,17+,18-,19-,20-,21+;;/m0../s1. The molecule has 180 valence electrons. The molecule has 0 spiro atoms. The van der Waals surface area contributed by atoms with Crippen molar-refractivity contribution in [2.45, 2.75) is 90.8 Å². The predicted octanol–water partition coefficient (Wildman–Crippen LogP) is -2.64. The third-order valence-electron chi connectivity index (χ3n) is 9.78. The Morgan fingerprint density at radius 2 is 1.42 bits per heavy atom. The van der Waals surface area contributed by atoms with E-state index < -0.39 is 33.0 Å². The van der Waals surface area contributed by atoms with Crippen LogP contribution in [0.3, 0.4) is 0 Å². The molecule has 0 saturated heterocycles. The van der Waals surface area contributed by atoms with Gasteiger partial charge >= 0.3 is 59.1 Å². The van der Waals surface area contributed by atoms with Crippen LogP contribution in [0, 0.1) is 40.4 Å². The van der Waals surface area contributed by atoms with E-state index in [1.54, 1.807) is 6.92 Å². The first-order chi connectivity index (χ1) is 14.2. The van der Waals surface area contributed by atoms with Crippen molar-refractivity contribution in [1.29, 1.82) is 0 Å². The van der Waals surface area contributed by atoms with Gasteiger partial charge in [0, 0.05) is 0 Å². The molecule has 0 aromatic rings. The number of fused-ring (bicyclic) bond motifs is 5. The number of rotatable bonds is 5. The van der Waals surface area contributed by atoms with Crippen LogP contribution in [0.2, 0.25) is 0 Å². The monoisotopic (exact) mass is 524 g/mol. The molecule has 0 aromatic heterocycles. The number of hydrogen-bond donors (Lipinski definition) is 0. The van der Waals surface area contributed by atoms with Gasteiger partial charge in [-0.2, -0.15) is 0 Å². The molecule has 4 aliphatic rings. The zero-order chi connectivity index (χ0) is 22.8. The van der Waals surface area contributed by atoms with Crippen molar-refractivity contribution in [1.82, 2.24) is 0 Å². The van der Waals surface area contributed by atoms with E-state index >= 15 is 0 Å². The van der Waals surface area contributed by atoms with Gasteiger partial charge in [0.15, 0.2) is 0 Å². The van der Waals surface area contributed by atoms with Gasteiger partial charge in [-0.1, -0.05) is 13.8 Å². The summed E-state index contributed by atoms with van der Waals surface area (Å²) in [5.74, 6) is 1.96. The summed E-state index contributed by atoms with van der Waals surface area (Å²) in [6.07, 6.45) is 6.94. The molecule has 0 bridgehead atoms. The number of hydrogen-bond acceptors (Lipinski definition) is 8. The Morgan fingerprint density at radius 3 is 2.03 bits per heavy atom. The summed E-state index contributed by atoms with van der Waals surface area (Å²) in [5.41, 5.74) is 0.0702. The molecule has 4 rings (SSSR count). The Balaban J connectivity index is 0.00000193. The summed E-state index contributed by atoms with van der Waals surface area (Å²) < 4.78 is 76.3. The van der Waals surface area contributed by atoms with Crippen LogP contribution in [0.25, 0.3) is 0 Å². The molecule has 33 heavy (non-hydrogen) atoms. The van der Waals surface area contributed by atoms with E-state index in [1.807, 2.05) is 0 Å². The molecule has 0 unspecified atom stereocenters. The van der Waals surface area contributed by atoms with E-state index in [-0.39, 0.29) is 75.9 Å². The fourth-order valence-corrected chi connectivity index (χ4v) is 9.55. The van der Waals surface area contributed by atoms with Gasteiger partial charge in [-0.25, -0.2) is 16.8 Å². The first-order valence-corrected chi connectivity index (χ1v) is 14.2. The van der Waals surface area contributed by atoms with Gasteiger partial charge in [-0.15, -0.1) is 0 Å². The molecular weight excluding hydrogens is 490 g/mol. The molecule has 0 amide bonds. The predicted molar refractivity (Wildman–Crippen MR) is 110 cm³/mol. The molecule has 0 heterocycles. The van der Waals surface area contributed by atoms with Crippen LogP contribution in [0.4, 0.5) is 0 Å². The summed E-state index contributed by atoms with van der Waals surface area (Å²) >= 11 is 0. The first kappa shape index (κ1) is 31.0. The normalized spacial score (nSPS) is 43.8. The maximum atomic E-state index is 11.2. The molecule has 4 saturated carbocycles. The van der Waals surface area contributed by atoms with Crippen molar-refractivity contribution < 1.29 is 93.4 Å². The quantitative estimate of drug-likeness (QED) is 0.217. The largest absolute Gasteiger partial charge is 1.00 e. The smallest absolute Gasteiger partial charge is 0.726 e. The van der Waals surface area contributed by atoms with E-state index in [0.29, 0.717) is 36.5 Å². The van der Waals surface area contributed by atoms with Crippen molar-refractivity contribution in [3.05, 3.63) is 0 Å². The average Bonchev–Trinajstić information content (AvgIpc) is 2.97. The maximum absolute atomic E-state index is 11.2. The van der Waals surface area contributed by atoms with Crippen LogP contribution in [-0.4, -0.2) is 38.1 Å². The SMILES string of the molecule is C[C@H](OS(=O)(=O)[O-])[C@H]1CC[C@H]2[C@@H]3CC[C@H]4C[C@@H](OS(=O)(=O)[O-])CC[C@]4(C)[C@H]3CC[C@]12C.[Na+].[Na+]. The first-order valence-electron chi connectivity index (χ1n) is 11.5. The average molecular weight is 525 g/mol. The Labute approximate surface area is 243 Å². The Hall–Kier alpha value is 1.74. The van der Waals surface area contributed by atoms with E-state index in [1.165, 1.54) is 0 Å². The minimum atomic E-state index is -4.72. The van der Waals surface area contributed by atoms with Crippen LogP contribution in [0.1, 0.15) is 78.6 Å². The van der Waals surface area contributed by atoms with Crippen LogP contribution >= 0.6 is 0 Å². The second-order valence-electron chi connectivity index (χ2n) is 11.0. The van der Waals surface area contributed by atoms with Gasteiger partial charge < -0.3 is 9.11 Å². The van der Waals surface area contributed by atoms with Gasteiger partial charge in [0.05, 0.1) is 12.2 Å². The third kappa shape index (κ3) is 6.25. The molecule has 4 fully saturated rings. The van der Waals surface area contributed by atoms with E-state index in [2.05, 4.69) is 13.8 Å². The summed E-state index contributed by atoms with van der Waals surface area (Å²) in [4.78, 5) is 0. The van der Waals surface area contributed by atoms with Crippen molar-refractivity contribution in [2.75, 3.05) is 0 Å². The molecule has 8 nitrogen and oxygen atoms in total. The molecule has 0 radical (unpaired) electrons. The van der Waals surface area contributed by atoms with Crippen molar-refractivity contribution in [2.24, 2.45) is 40.4 Å². The third-order valence-corrected chi connectivity index (χ3v) is 10.8. The molecular formula is C21H34Na2O8S2. The van der Waals surface area contributed by atoms with Crippen LogP contribution in [0.15, 0.2) is 0 Å². The summed E-state index contributed by atoms with van der Waals surface area (Å²) in [7, 11) is -9.40. The van der Waals surface area contributed by atoms with Gasteiger partial charge in [-0.3, -0.25) is 8.37 Å². The molecule has 0 aromatic carbocycles. The van der Waals surface area contributed by atoms with Crippen LogP contribution in [-0.2, 0) is 29.2 Å². The van der Waals surface area contributed by atoms with Crippen molar-refractivity contribution in [3.8, 4) is 0 Å². The van der Waals surface area contributed by atoms with E-state index in [9.17, 15) is 25.9 Å². The zero-order valence-electron chi connectivity index (χ0n) is 20.5. The van der Waals surface area contributed by atoms with Gasteiger partial charge in [0.2, 0.25) is 20.8 Å². The van der Waals surface area contributed by atoms with E-state index in [4.69, 9.17) is 8.37 Å². The minimum absolute atomic E-state index is 0. The Morgan fingerprint density at radius 1 is 0.818 bits per heavy atom. The Kier molecular flexibility index (Phi) is 10.2. The second-order valence-corrected chi connectivity index (χ2v) is 13.0. The van der Waals surface area contributed by atoms with E-state index in [0.717, 1.165) is 44.9 Å². The van der Waals surface area contributed by atoms with Crippen molar-refractivity contribution >= 4 is 20.8 Å². The van der Waals surface area contributed by atoms with Crippen LogP contribution in [0.5, 0.6) is 0 Å². The topological polar surface area (TPSA) is 133 Å². The maximum Gasteiger partial charge on any atom is 1.00 e. The minimum Gasteiger partial charge on any atom is -0.726 e. The molecule has 0 aliphatic heterocycles. The summed E-state index contributed by atoms with van der Waals surface area (Å²) in [6.45, 7) is 6.30. The van der Waals surface area contributed by atoms with Crippen LogP contribution < -0.4 is 59.1 Å². The summed E-state index contributed by atoms with van der Waals surface area (Å²) in [6, 6.07) is 0. The molecule has 0 N–H and O–H groups in total. The zero-order valence-corrected chi connectivity index (χ0v) is 26.1. The molecule has 12 heteroatoms. The van der Waals surface area contributed by atoms with Gasteiger partial charge in [0.25, 0.3) is 0 Å². The fraction of sp³-hybridized carbons (Fsp3) is 1.00. The summed E-state index contributed by atoms with van der Waals surface area (Å²) in [5, 5.41) is 0. The second kappa shape index (κ2) is 10.8. The Bertz CT molecular complexity index is 913. The fourth-order valence-electron chi connectivity index (χ4n) is 8.54. The van der Waals surface area contributed by atoms with Gasteiger partial charge in [0.1, 0.15) is 0 Å². The van der Waals surface area contributed by atoms with Gasteiger partial charge in [-0.05, 0) is 105 Å².